The Balaban J connectivity index is 3.35. The number of unbranched alkanes of at least 4 members (excludes halogenated alkanes) is 4. The third-order valence-electron chi connectivity index (χ3n) is 1.74. The van der Waals surface area contributed by atoms with Crippen molar-refractivity contribution in [1.29, 1.82) is 0 Å². The maximum Gasteiger partial charge on any atom is 0.399 e. The van der Waals surface area contributed by atoms with Crippen LogP contribution in [0.4, 0.5) is 0 Å². The molecule has 14 heavy (non-hydrogen) atoms. The lowest BCUT2D eigenvalue weighted by molar-refractivity contribution is 0.218. The van der Waals surface area contributed by atoms with E-state index in [1.54, 1.807) is 6.92 Å². The minimum atomic E-state index is -3.72. The maximum atomic E-state index is 10.9. The van der Waals surface area contributed by atoms with Gasteiger partial charge in [0.05, 0.1) is 13.2 Å². The molecule has 4 nitrogen and oxygen atoms in total. The van der Waals surface area contributed by atoms with Gasteiger partial charge < -0.3 is 0 Å². The molecule has 0 heterocycles. The Morgan fingerprint density at radius 1 is 0.929 bits per heavy atom. The fourth-order valence-electron chi connectivity index (χ4n) is 1.04. The van der Waals surface area contributed by atoms with Crippen molar-refractivity contribution >= 4 is 10.4 Å². The topological polar surface area (TPSA) is 52.6 Å². The van der Waals surface area contributed by atoms with Gasteiger partial charge in [-0.15, -0.1) is 0 Å². The van der Waals surface area contributed by atoms with Gasteiger partial charge in [0.1, 0.15) is 0 Å². The quantitative estimate of drug-likeness (QED) is 0.564. The van der Waals surface area contributed by atoms with Crippen molar-refractivity contribution in [3.05, 3.63) is 0 Å². The van der Waals surface area contributed by atoms with E-state index in [1.165, 1.54) is 12.8 Å². The largest absolute Gasteiger partial charge is 0.399 e. The van der Waals surface area contributed by atoms with Gasteiger partial charge in [-0.3, -0.25) is 0 Å². The molecule has 0 aromatic heterocycles. The molecule has 0 aliphatic carbocycles. The monoisotopic (exact) mass is 224 g/mol. The van der Waals surface area contributed by atoms with Crippen molar-refractivity contribution in [3.8, 4) is 0 Å². The molecule has 0 amide bonds. The maximum absolute atomic E-state index is 10.9. The summed E-state index contributed by atoms with van der Waals surface area (Å²) in [5, 5.41) is 0. The van der Waals surface area contributed by atoms with Crippen LogP contribution in [-0.4, -0.2) is 21.6 Å². The Morgan fingerprint density at radius 3 is 2.14 bits per heavy atom. The van der Waals surface area contributed by atoms with E-state index in [9.17, 15) is 8.42 Å². The van der Waals surface area contributed by atoms with Crippen LogP contribution in [0, 0.1) is 0 Å². The van der Waals surface area contributed by atoms with Crippen LogP contribution in [0.5, 0.6) is 0 Å². The first-order valence-electron chi connectivity index (χ1n) is 5.16. The van der Waals surface area contributed by atoms with E-state index >= 15 is 0 Å². The van der Waals surface area contributed by atoms with Gasteiger partial charge in [-0.1, -0.05) is 32.6 Å². The van der Waals surface area contributed by atoms with Crippen molar-refractivity contribution in [2.45, 2.75) is 46.0 Å². The minimum absolute atomic E-state index is 0.123. The van der Waals surface area contributed by atoms with Crippen molar-refractivity contribution < 1.29 is 16.8 Å². The predicted octanol–water partition coefficient (Wildman–Crippen LogP) is 2.25. The van der Waals surface area contributed by atoms with Gasteiger partial charge in [-0.2, -0.15) is 8.42 Å². The molecule has 0 unspecified atom stereocenters. The van der Waals surface area contributed by atoms with Crippen molar-refractivity contribution in [2.75, 3.05) is 13.2 Å². The van der Waals surface area contributed by atoms with E-state index in [4.69, 9.17) is 0 Å². The molecule has 86 valence electrons. The van der Waals surface area contributed by atoms with Crippen LogP contribution in [0.1, 0.15) is 46.0 Å². The normalized spacial score (nSPS) is 11.9. The van der Waals surface area contributed by atoms with Gasteiger partial charge in [0, 0.05) is 0 Å². The summed E-state index contributed by atoms with van der Waals surface area (Å²) in [6.07, 6.45) is 5.28. The second-order valence-corrected chi connectivity index (χ2v) is 4.34. The summed E-state index contributed by atoms with van der Waals surface area (Å²) in [5.74, 6) is 0. The zero-order chi connectivity index (χ0) is 10.9. The van der Waals surface area contributed by atoms with Crippen LogP contribution in [0.15, 0.2) is 0 Å². The molecular weight excluding hydrogens is 204 g/mol. The lowest BCUT2D eigenvalue weighted by Crippen LogP contribution is -2.10. The Bertz CT molecular complexity index is 211. The second kappa shape index (κ2) is 8.20. The summed E-state index contributed by atoms with van der Waals surface area (Å²) in [5.41, 5.74) is 0. The molecule has 0 rings (SSSR count). The van der Waals surface area contributed by atoms with E-state index in [0.29, 0.717) is 0 Å². The van der Waals surface area contributed by atoms with Crippen molar-refractivity contribution in [2.24, 2.45) is 0 Å². The smallest absolute Gasteiger partial charge is 0.248 e. The third kappa shape index (κ3) is 8.47. The molecule has 0 fully saturated rings. The van der Waals surface area contributed by atoms with E-state index in [-0.39, 0.29) is 13.2 Å². The SMILES string of the molecule is CCCCCCCOS(=O)(=O)OCC. The molecular formula is C9H20O4S. The Hall–Kier alpha value is -0.130. The van der Waals surface area contributed by atoms with Gasteiger partial charge in [0.15, 0.2) is 0 Å². The second-order valence-electron chi connectivity index (χ2n) is 3.05. The zero-order valence-corrected chi connectivity index (χ0v) is 9.81. The van der Waals surface area contributed by atoms with Gasteiger partial charge >= 0.3 is 10.4 Å². The van der Waals surface area contributed by atoms with E-state index in [1.807, 2.05) is 0 Å². The van der Waals surface area contributed by atoms with Crippen molar-refractivity contribution in [3.63, 3.8) is 0 Å². The number of hydrogen-bond donors (Lipinski definition) is 0. The van der Waals surface area contributed by atoms with Gasteiger partial charge in [-0.25, -0.2) is 8.37 Å². The molecule has 0 aliphatic rings. The molecule has 0 aromatic rings. The summed E-state index contributed by atoms with van der Waals surface area (Å²) < 4.78 is 30.8. The van der Waals surface area contributed by atoms with Crippen LogP contribution in [0.2, 0.25) is 0 Å². The lowest BCUT2D eigenvalue weighted by Gasteiger charge is -2.03. The minimum Gasteiger partial charge on any atom is -0.248 e. The molecule has 0 saturated heterocycles. The summed E-state index contributed by atoms with van der Waals surface area (Å²) in [6, 6.07) is 0. The first-order chi connectivity index (χ1) is 6.62. The number of rotatable bonds is 9. The van der Waals surface area contributed by atoms with Gasteiger partial charge in [0.2, 0.25) is 0 Å². The fourth-order valence-corrected chi connectivity index (χ4v) is 1.72. The van der Waals surface area contributed by atoms with Crippen LogP contribution < -0.4 is 0 Å². The van der Waals surface area contributed by atoms with Crippen molar-refractivity contribution in [1.82, 2.24) is 0 Å². The van der Waals surface area contributed by atoms with Gasteiger partial charge in [0.25, 0.3) is 0 Å². The van der Waals surface area contributed by atoms with Gasteiger partial charge in [-0.05, 0) is 13.3 Å². The van der Waals surface area contributed by atoms with Crippen LogP contribution in [0.3, 0.4) is 0 Å². The summed E-state index contributed by atoms with van der Waals surface area (Å²) >= 11 is 0. The highest BCUT2D eigenvalue weighted by Gasteiger charge is 2.09. The lowest BCUT2D eigenvalue weighted by atomic mass is 10.2. The molecule has 0 aromatic carbocycles. The standard InChI is InChI=1S/C9H20O4S/c1-3-5-6-7-8-9-13-14(10,11)12-4-2/h3-9H2,1-2H3. The van der Waals surface area contributed by atoms with E-state index in [0.717, 1.165) is 19.3 Å². The molecule has 0 N–H and O–H groups in total. The van der Waals surface area contributed by atoms with Crippen LogP contribution in [-0.2, 0) is 18.8 Å². The summed E-state index contributed by atoms with van der Waals surface area (Å²) in [4.78, 5) is 0. The highest BCUT2D eigenvalue weighted by molar-refractivity contribution is 7.81. The average molecular weight is 224 g/mol. The molecule has 0 atom stereocenters. The number of hydrogen-bond acceptors (Lipinski definition) is 4. The molecule has 0 bridgehead atoms. The molecule has 0 aliphatic heterocycles. The van der Waals surface area contributed by atoms with E-state index < -0.39 is 10.4 Å². The average Bonchev–Trinajstić information content (AvgIpc) is 2.11. The zero-order valence-electron chi connectivity index (χ0n) is 8.99. The Kier molecular flexibility index (Phi) is 8.12. The van der Waals surface area contributed by atoms with E-state index in [2.05, 4.69) is 15.3 Å². The molecule has 0 radical (unpaired) electrons. The predicted molar refractivity (Wildman–Crippen MR) is 55.3 cm³/mol. The first kappa shape index (κ1) is 13.9. The molecule has 0 spiro atoms. The molecule has 5 heteroatoms. The fraction of sp³-hybridized carbons (Fsp3) is 1.00. The highest BCUT2D eigenvalue weighted by Crippen LogP contribution is 2.04. The summed E-state index contributed by atoms with van der Waals surface area (Å²) in [6.45, 7) is 4.10. The first-order valence-corrected chi connectivity index (χ1v) is 6.49. The van der Waals surface area contributed by atoms with Crippen LogP contribution >= 0.6 is 0 Å². The Labute approximate surface area is 86.9 Å². The summed E-state index contributed by atoms with van der Waals surface area (Å²) in [7, 11) is -3.72. The third-order valence-corrected chi connectivity index (χ3v) is 2.72. The van der Waals surface area contributed by atoms with Crippen LogP contribution in [0.25, 0.3) is 0 Å². The molecule has 0 saturated carbocycles. The highest BCUT2D eigenvalue weighted by atomic mass is 32.3. The Morgan fingerprint density at radius 2 is 1.57 bits per heavy atom.